The maximum absolute atomic E-state index is 12.3. The van der Waals surface area contributed by atoms with Crippen LogP contribution in [0.4, 0.5) is 0 Å². The van der Waals surface area contributed by atoms with Crippen LogP contribution in [0.25, 0.3) is 6.08 Å². The quantitative estimate of drug-likeness (QED) is 0.825. The molecule has 0 bridgehead atoms. The molecular weight excluding hydrogens is 368 g/mol. The molecule has 2 heterocycles. The monoisotopic (exact) mass is 390 g/mol. The zero-order chi connectivity index (χ0) is 18.6. The number of sulfonamides is 1. The molecule has 0 atom stereocenters. The summed E-state index contributed by atoms with van der Waals surface area (Å²) >= 11 is 1.73. The van der Waals surface area contributed by atoms with E-state index < -0.39 is 10.0 Å². The minimum atomic E-state index is -3.56. The van der Waals surface area contributed by atoms with Crippen LogP contribution in [0, 0.1) is 6.92 Å². The Morgan fingerprint density at radius 3 is 2.81 bits per heavy atom. The van der Waals surface area contributed by atoms with Gasteiger partial charge in [0, 0.05) is 36.3 Å². The van der Waals surface area contributed by atoms with Crippen LogP contribution in [-0.4, -0.2) is 32.3 Å². The van der Waals surface area contributed by atoms with Gasteiger partial charge in [-0.2, -0.15) is 0 Å². The molecular formula is C19H22N2O3S2. The van der Waals surface area contributed by atoms with Crippen molar-refractivity contribution in [2.24, 2.45) is 0 Å². The summed E-state index contributed by atoms with van der Waals surface area (Å²) in [5.74, 6) is -0.0212. The average Bonchev–Trinajstić information content (AvgIpc) is 3.09. The minimum absolute atomic E-state index is 0.0212. The van der Waals surface area contributed by atoms with E-state index in [1.54, 1.807) is 22.3 Å². The highest BCUT2D eigenvalue weighted by molar-refractivity contribution is 7.92. The largest absolute Gasteiger partial charge is 0.338 e. The second-order valence-corrected chi connectivity index (χ2v) is 8.99. The summed E-state index contributed by atoms with van der Waals surface area (Å²) < 4.78 is 26.5. The Kier molecular flexibility index (Phi) is 5.90. The normalized spacial score (nSPS) is 14.6. The Labute approximate surface area is 158 Å². The van der Waals surface area contributed by atoms with Gasteiger partial charge in [0.25, 0.3) is 0 Å². The third kappa shape index (κ3) is 5.03. The van der Waals surface area contributed by atoms with Crippen molar-refractivity contribution in [3.63, 3.8) is 0 Å². The molecule has 1 aliphatic heterocycles. The van der Waals surface area contributed by atoms with Gasteiger partial charge >= 0.3 is 0 Å². The molecule has 1 N–H and O–H groups in total. The first kappa shape index (κ1) is 18.8. The van der Waals surface area contributed by atoms with Gasteiger partial charge in [-0.05, 0) is 42.0 Å². The van der Waals surface area contributed by atoms with Crippen molar-refractivity contribution < 1.29 is 13.2 Å². The van der Waals surface area contributed by atoms with E-state index >= 15 is 0 Å². The number of amides is 1. The van der Waals surface area contributed by atoms with Crippen molar-refractivity contribution in [1.82, 2.24) is 9.62 Å². The molecule has 0 fully saturated rings. The Morgan fingerprint density at radius 2 is 2.04 bits per heavy atom. The average molecular weight is 391 g/mol. The molecule has 26 heavy (non-hydrogen) atoms. The number of thiophene rings is 1. The van der Waals surface area contributed by atoms with Gasteiger partial charge in [0.2, 0.25) is 15.9 Å². The highest BCUT2D eigenvalue weighted by Crippen LogP contribution is 2.24. The summed E-state index contributed by atoms with van der Waals surface area (Å²) in [7, 11) is -3.56. The molecule has 138 valence electrons. The lowest BCUT2D eigenvalue weighted by Crippen LogP contribution is -2.37. The van der Waals surface area contributed by atoms with Gasteiger partial charge in [0.1, 0.15) is 0 Å². The molecule has 0 saturated carbocycles. The zero-order valence-corrected chi connectivity index (χ0v) is 16.3. The molecule has 0 aliphatic carbocycles. The number of nitrogens with zero attached hydrogens (tertiary/aromatic N) is 1. The summed E-state index contributed by atoms with van der Waals surface area (Å²) in [6, 6.07) is 9.63. The summed E-state index contributed by atoms with van der Waals surface area (Å²) in [5, 5.41) is 3.19. The summed E-state index contributed by atoms with van der Waals surface area (Å²) in [5.41, 5.74) is 3.14. The Bertz CT molecular complexity index is 899. The molecule has 3 rings (SSSR count). The van der Waals surface area contributed by atoms with Crippen LogP contribution in [0.3, 0.4) is 0 Å². The lowest BCUT2D eigenvalue weighted by Gasteiger charge is -2.27. The zero-order valence-electron chi connectivity index (χ0n) is 14.6. The van der Waals surface area contributed by atoms with E-state index in [0.717, 1.165) is 23.0 Å². The number of hydrogen-bond acceptors (Lipinski definition) is 4. The van der Waals surface area contributed by atoms with Crippen molar-refractivity contribution in [3.05, 3.63) is 62.7 Å². The molecule has 7 heteroatoms. The molecule has 0 spiro atoms. The van der Waals surface area contributed by atoms with Crippen molar-refractivity contribution in [2.45, 2.75) is 26.3 Å². The molecule has 1 aliphatic rings. The van der Waals surface area contributed by atoms with E-state index in [1.807, 2.05) is 36.6 Å². The van der Waals surface area contributed by atoms with Gasteiger partial charge in [0.15, 0.2) is 0 Å². The van der Waals surface area contributed by atoms with Gasteiger partial charge in [-0.15, -0.1) is 11.3 Å². The van der Waals surface area contributed by atoms with Gasteiger partial charge in [-0.1, -0.05) is 29.8 Å². The lowest BCUT2D eigenvalue weighted by molar-refractivity contribution is -0.131. The fraction of sp³-hybridized carbons (Fsp3) is 0.316. The standard InChI is InChI=1S/C19H22N2O3S2/c1-15-2-4-16(5-3-15)9-13-26(23,24)20-10-6-19(22)21-11-7-18-17(14-21)8-12-25-18/h2-5,8-9,12-13,20H,6-7,10-11,14H2,1H3/b13-9+. The Hall–Kier alpha value is -1.96. The van der Waals surface area contributed by atoms with Gasteiger partial charge in [-0.3, -0.25) is 4.79 Å². The molecule has 0 saturated heterocycles. The maximum atomic E-state index is 12.3. The SMILES string of the molecule is Cc1ccc(/C=C/S(=O)(=O)NCCC(=O)N2CCc3sccc3C2)cc1. The number of nitrogens with one attached hydrogen (secondary N) is 1. The molecule has 1 aromatic heterocycles. The van der Waals surface area contributed by atoms with Gasteiger partial charge in [0.05, 0.1) is 0 Å². The predicted molar refractivity (Wildman–Crippen MR) is 105 cm³/mol. The van der Waals surface area contributed by atoms with Crippen molar-refractivity contribution >= 4 is 33.3 Å². The van der Waals surface area contributed by atoms with E-state index in [2.05, 4.69) is 10.8 Å². The molecule has 1 aromatic carbocycles. The number of carbonyl (C=O) groups excluding carboxylic acids is 1. The van der Waals surface area contributed by atoms with Crippen LogP contribution < -0.4 is 4.72 Å². The predicted octanol–water partition coefficient (Wildman–Crippen LogP) is 2.92. The highest BCUT2D eigenvalue weighted by Gasteiger charge is 2.21. The number of hydrogen-bond donors (Lipinski definition) is 1. The van der Waals surface area contributed by atoms with E-state index in [-0.39, 0.29) is 18.9 Å². The molecule has 0 radical (unpaired) electrons. The first-order valence-electron chi connectivity index (χ1n) is 8.50. The van der Waals surface area contributed by atoms with E-state index in [1.165, 1.54) is 10.4 Å². The topological polar surface area (TPSA) is 66.5 Å². The van der Waals surface area contributed by atoms with E-state index in [9.17, 15) is 13.2 Å². The molecule has 5 nitrogen and oxygen atoms in total. The van der Waals surface area contributed by atoms with Gasteiger partial charge in [-0.25, -0.2) is 13.1 Å². The summed E-state index contributed by atoms with van der Waals surface area (Å²) in [6.07, 6.45) is 2.59. The molecule has 2 aromatic rings. The highest BCUT2D eigenvalue weighted by atomic mass is 32.2. The number of fused-ring (bicyclic) bond motifs is 1. The maximum Gasteiger partial charge on any atom is 0.233 e. The number of aryl methyl sites for hydroxylation is 1. The molecule has 1 amide bonds. The lowest BCUT2D eigenvalue weighted by atomic mass is 10.1. The van der Waals surface area contributed by atoms with Crippen LogP contribution in [-0.2, 0) is 27.8 Å². The van der Waals surface area contributed by atoms with Crippen molar-refractivity contribution in [3.8, 4) is 0 Å². The first-order chi connectivity index (χ1) is 12.4. The Balaban J connectivity index is 1.47. The third-order valence-electron chi connectivity index (χ3n) is 4.32. The number of rotatable bonds is 6. The van der Waals surface area contributed by atoms with Crippen LogP contribution in [0.1, 0.15) is 28.0 Å². The summed E-state index contributed by atoms with van der Waals surface area (Å²) in [4.78, 5) is 15.4. The smallest absolute Gasteiger partial charge is 0.233 e. The second-order valence-electron chi connectivity index (χ2n) is 6.34. The third-order valence-corrected chi connectivity index (χ3v) is 6.44. The molecule has 0 unspecified atom stereocenters. The Morgan fingerprint density at radius 1 is 1.27 bits per heavy atom. The van der Waals surface area contributed by atoms with Crippen LogP contribution in [0.5, 0.6) is 0 Å². The van der Waals surface area contributed by atoms with Crippen molar-refractivity contribution in [1.29, 1.82) is 0 Å². The van der Waals surface area contributed by atoms with Crippen LogP contribution in [0.15, 0.2) is 41.1 Å². The van der Waals surface area contributed by atoms with Crippen LogP contribution in [0.2, 0.25) is 0 Å². The van der Waals surface area contributed by atoms with Gasteiger partial charge < -0.3 is 4.90 Å². The summed E-state index contributed by atoms with van der Waals surface area (Å²) in [6.45, 7) is 3.40. The van der Waals surface area contributed by atoms with Crippen LogP contribution >= 0.6 is 11.3 Å². The van der Waals surface area contributed by atoms with E-state index in [4.69, 9.17) is 0 Å². The number of benzene rings is 1. The van der Waals surface area contributed by atoms with Crippen molar-refractivity contribution in [2.75, 3.05) is 13.1 Å². The number of carbonyl (C=O) groups is 1. The fourth-order valence-electron chi connectivity index (χ4n) is 2.81. The second kappa shape index (κ2) is 8.16. The fourth-order valence-corrected chi connectivity index (χ4v) is 4.52. The van der Waals surface area contributed by atoms with E-state index in [0.29, 0.717) is 13.1 Å². The first-order valence-corrected chi connectivity index (χ1v) is 10.9. The minimum Gasteiger partial charge on any atom is -0.338 e.